The summed E-state index contributed by atoms with van der Waals surface area (Å²) >= 11 is 1.52. The topological polar surface area (TPSA) is 63.0 Å². The number of hydrogen-bond donors (Lipinski definition) is 0. The molecule has 40 heavy (non-hydrogen) atoms. The van der Waals surface area contributed by atoms with Crippen molar-refractivity contribution >= 4 is 44.5 Å². The normalized spacial score (nSPS) is 14.3. The Morgan fingerprint density at radius 2 is 1.73 bits per heavy atom. The number of anilines is 2. The van der Waals surface area contributed by atoms with Crippen molar-refractivity contribution in [2.75, 3.05) is 36.0 Å². The minimum atomic E-state index is -4.70. The molecule has 1 saturated heterocycles. The minimum Gasteiger partial charge on any atom is -0.406 e. The van der Waals surface area contributed by atoms with Gasteiger partial charge in [0, 0.05) is 55.3 Å². The molecule has 1 fully saturated rings. The van der Waals surface area contributed by atoms with Crippen molar-refractivity contribution in [2.45, 2.75) is 26.1 Å². The highest BCUT2D eigenvalue weighted by Crippen LogP contribution is 2.27. The van der Waals surface area contributed by atoms with Gasteiger partial charge in [-0.25, -0.2) is 9.97 Å². The van der Waals surface area contributed by atoms with Crippen LogP contribution in [0.25, 0.3) is 15.9 Å². The Labute approximate surface area is 232 Å². The lowest BCUT2D eigenvalue weighted by molar-refractivity contribution is -0.274. The van der Waals surface area contributed by atoms with Crippen molar-refractivity contribution in [3.05, 3.63) is 83.1 Å². The van der Waals surface area contributed by atoms with Crippen molar-refractivity contribution in [2.24, 2.45) is 0 Å². The van der Waals surface area contributed by atoms with Crippen LogP contribution in [0, 0.1) is 6.92 Å². The van der Waals surface area contributed by atoms with E-state index in [4.69, 9.17) is 4.98 Å². The maximum absolute atomic E-state index is 12.9. The molecule has 206 valence electrons. The van der Waals surface area contributed by atoms with Gasteiger partial charge in [0.05, 0.1) is 11.2 Å². The van der Waals surface area contributed by atoms with Crippen molar-refractivity contribution < 1.29 is 22.7 Å². The van der Waals surface area contributed by atoms with Crippen LogP contribution in [0.15, 0.2) is 66.2 Å². The summed E-state index contributed by atoms with van der Waals surface area (Å²) in [6.45, 7) is 4.80. The fourth-order valence-corrected chi connectivity index (χ4v) is 5.91. The van der Waals surface area contributed by atoms with E-state index in [9.17, 15) is 18.0 Å². The monoisotopic (exact) mass is 565 g/mol. The first-order valence-corrected chi connectivity index (χ1v) is 13.8. The highest BCUT2D eigenvalue weighted by Gasteiger charge is 2.31. The Morgan fingerprint density at radius 1 is 0.975 bits per heavy atom. The van der Waals surface area contributed by atoms with Gasteiger partial charge in [0.15, 0.2) is 10.7 Å². The van der Waals surface area contributed by atoms with Crippen molar-refractivity contribution in [3.63, 3.8) is 0 Å². The molecule has 0 saturated carbocycles. The van der Waals surface area contributed by atoms with Gasteiger partial charge in [-0.2, -0.15) is 0 Å². The first-order chi connectivity index (χ1) is 19.2. The summed E-state index contributed by atoms with van der Waals surface area (Å²) in [7, 11) is 0. The Bertz CT molecular complexity index is 1670. The summed E-state index contributed by atoms with van der Waals surface area (Å²) in [5.41, 5.74) is 4.26. The second-order valence-corrected chi connectivity index (χ2v) is 10.6. The third-order valence-electron chi connectivity index (χ3n) is 7.12. The molecule has 0 atom stereocenters. The number of hydrogen-bond acceptors (Lipinski definition) is 7. The van der Waals surface area contributed by atoms with Gasteiger partial charge >= 0.3 is 6.36 Å². The number of carbonyl (C=O) groups is 1. The Morgan fingerprint density at radius 3 is 2.48 bits per heavy atom. The van der Waals surface area contributed by atoms with E-state index in [2.05, 4.69) is 31.7 Å². The highest BCUT2D eigenvalue weighted by molar-refractivity contribution is 7.15. The van der Waals surface area contributed by atoms with E-state index >= 15 is 0 Å². The van der Waals surface area contributed by atoms with Crippen molar-refractivity contribution in [3.8, 4) is 5.75 Å². The van der Waals surface area contributed by atoms with Gasteiger partial charge in [0.2, 0.25) is 0 Å². The maximum Gasteiger partial charge on any atom is 0.573 e. The molecule has 6 rings (SSSR count). The predicted molar refractivity (Wildman–Crippen MR) is 150 cm³/mol. The van der Waals surface area contributed by atoms with Crippen molar-refractivity contribution in [1.82, 2.24) is 14.4 Å². The molecule has 2 aromatic carbocycles. The molecule has 0 spiro atoms. The average Bonchev–Trinajstić information content (AvgIpc) is 3.51. The van der Waals surface area contributed by atoms with Gasteiger partial charge in [-0.1, -0.05) is 6.07 Å². The molecule has 1 aliphatic rings. The number of thiazole rings is 1. The fourth-order valence-electron chi connectivity index (χ4n) is 5.15. The number of nitrogens with zero attached hydrogens (tertiary/aromatic N) is 5. The van der Waals surface area contributed by atoms with Crippen LogP contribution < -0.4 is 14.5 Å². The fraction of sp³-hybridized carbons (Fsp3) is 0.276. The number of aromatic nitrogens is 3. The first-order valence-electron chi connectivity index (χ1n) is 12.9. The lowest BCUT2D eigenvalue weighted by Gasteiger charge is -2.36. The Hall–Kier alpha value is -4.12. The summed E-state index contributed by atoms with van der Waals surface area (Å²) in [4.78, 5) is 27.5. The number of Topliss-reactive ketones (excluding diaryl/α,β-unsaturated/α-hetero) is 1. The molecule has 0 radical (unpaired) electrons. The van der Waals surface area contributed by atoms with Crippen molar-refractivity contribution in [1.29, 1.82) is 0 Å². The SMILES string of the molecule is Cc1nc2sccn2c1C(=O)CCc1ccc2nc(N3CCN(c4ccc(OC(F)(F)F)cc4)CC3)ccc2c1. The zero-order valence-electron chi connectivity index (χ0n) is 21.7. The molecule has 4 heterocycles. The molecule has 0 unspecified atom stereocenters. The van der Waals surface area contributed by atoms with Gasteiger partial charge in [0.25, 0.3) is 0 Å². The zero-order valence-corrected chi connectivity index (χ0v) is 22.5. The lowest BCUT2D eigenvalue weighted by atomic mass is 10.0. The number of ether oxygens (including phenoxy) is 1. The maximum atomic E-state index is 12.9. The number of fused-ring (bicyclic) bond motifs is 2. The van der Waals surface area contributed by atoms with E-state index in [1.807, 2.05) is 41.1 Å². The number of alkyl halides is 3. The van der Waals surface area contributed by atoms with Crippen LogP contribution in [-0.4, -0.2) is 52.7 Å². The number of benzene rings is 2. The number of halogens is 3. The molecule has 3 aromatic heterocycles. The number of imidazole rings is 1. The van der Waals surface area contributed by atoms with E-state index in [1.54, 1.807) is 12.1 Å². The molecule has 7 nitrogen and oxygen atoms in total. The number of pyridine rings is 1. The molecular formula is C29H26F3N5O2S. The summed E-state index contributed by atoms with van der Waals surface area (Å²) in [5, 5.41) is 2.95. The summed E-state index contributed by atoms with van der Waals surface area (Å²) in [6.07, 6.45) is -1.76. The molecule has 5 aromatic rings. The summed E-state index contributed by atoms with van der Waals surface area (Å²) in [5.74, 6) is 0.750. The predicted octanol–water partition coefficient (Wildman–Crippen LogP) is 6.29. The molecule has 0 amide bonds. The standard InChI is InChI=1S/C29H26F3N5O2S/c1-19-27(37-16-17-40-28(37)33-19)25(38)10-3-20-2-9-24-21(18-20)4-11-26(34-24)36-14-12-35(13-15-36)22-5-7-23(8-6-22)39-29(30,31)32/h2,4-9,11,16-18H,3,10,12-15H2,1H3. The van der Waals surface area contributed by atoms with Gasteiger partial charge in [-0.05, 0) is 67.4 Å². The Balaban J connectivity index is 1.07. The third-order valence-corrected chi connectivity index (χ3v) is 7.88. The largest absolute Gasteiger partial charge is 0.573 e. The van der Waals surface area contributed by atoms with E-state index in [1.165, 1.54) is 23.5 Å². The second kappa shape index (κ2) is 10.5. The van der Waals surface area contributed by atoms with E-state index in [0.29, 0.717) is 18.5 Å². The number of ketones is 1. The quantitative estimate of drug-likeness (QED) is 0.216. The highest BCUT2D eigenvalue weighted by atomic mass is 32.1. The molecule has 0 N–H and O–H groups in total. The van der Waals surface area contributed by atoms with Crippen LogP contribution in [0.5, 0.6) is 5.75 Å². The molecule has 1 aliphatic heterocycles. The lowest BCUT2D eigenvalue weighted by Crippen LogP contribution is -2.46. The summed E-state index contributed by atoms with van der Waals surface area (Å²) < 4.78 is 43.1. The second-order valence-electron chi connectivity index (χ2n) is 9.74. The van der Waals surface area contributed by atoms with Crippen LogP contribution >= 0.6 is 11.3 Å². The number of rotatable bonds is 7. The van der Waals surface area contributed by atoms with Gasteiger partial charge in [-0.3, -0.25) is 9.20 Å². The van der Waals surface area contributed by atoms with E-state index in [-0.39, 0.29) is 11.5 Å². The smallest absolute Gasteiger partial charge is 0.406 e. The number of piperazine rings is 1. The molecular weight excluding hydrogens is 539 g/mol. The first kappa shape index (κ1) is 26.1. The number of aryl methyl sites for hydroxylation is 2. The minimum absolute atomic E-state index is 0.0849. The van der Waals surface area contributed by atoms with E-state index < -0.39 is 6.36 Å². The van der Waals surface area contributed by atoms with Crippen LogP contribution in [0.1, 0.15) is 28.2 Å². The van der Waals surface area contributed by atoms with Crippen LogP contribution in [0.4, 0.5) is 24.7 Å². The molecule has 0 aliphatic carbocycles. The van der Waals surface area contributed by atoms with E-state index in [0.717, 1.165) is 64.8 Å². The zero-order chi connectivity index (χ0) is 27.9. The van der Waals surface area contributed by atoms with Crippen LogP contribution in [0.2, 0.25) is 0 Å². The summed E-state index contributed by atoms with van der Waals surface area (Å²) in [6, 6.07) is 16.2. The average molecular weight is 566 g/mol. The third kappa shape index (κ3) is 5.46. The Kier molecular flexibility index (Phi) is 6.83. The molecule has 0 bridgehead atoms. The van der Waals surface area contributed by atoms with Gasteiger partial charge < -0.3 is 14.5 Å². The van der Waals surface area contributed by atoms with Gasteiger partial charge in [-0.15, -0.1) is 24.5 Å². The van der Waals surface area contributed by atoms with Crippen LogP contribution in [-0.2, 0) is 6.42 Å². The van der Waals surface area contributed by atoms with Gasteiger partial charge in [0.1, 0.15) is 17.3 Å². The number of carbonyl (C=O) groups excluding carboxylic acids is 1. The molecule has 11 heteroatoms. The van der Waals surface area contributed by atoms with Crippen LogP contribution in [0.3, 0.4) is 0 Å².